The van der Waals surface area contributed by atoms with E-state index in [1.165, 1.54) is 0 Å². The first-order valence-corrected chi connectivity index (χ1v) is 7.32. The van der Waals surface area contributed by atoms with E-state index >= 15 is 0 Å². The number of H-pyrrole nitrogens is 1. The molecule has 1 amide bonds. The molecule has 2 aromatic carbocycles. The van der Waals surface area contributed by atoms with Crippen LogP contribution in [0.1, 0.15) is 15.9 Å². The van der Waals surface area contributed by atoms with Crippen LogP contribution in [0.25, 0.3) is 10.9 Å². The molecule has 3 rings (SSSR count). The minimum Gasteiger partial charge on any atom is -0.508 e. The molecule has 0 spiro atoms. The first-order valence-electron chi connectivity index (χ1n) is 7.32. The second-order valence-corrected chi connectivity index (χ2v) is 5.25. The van der Waals surface area contributed by atoms with Gasteiger partial charge in [-0.2, -0.15) is 0 Å². The fraction of sp³-hybridized carbons (Fsp3) is 0.111. The number of amides is 1. The van der Waals surface area contributed by atoms with Crippen molar-refractivity contribution in [3.05, 3.63) is 65.9 Å². The number of aromatic hydroxyl groups is 1. The maximum atomic E-state index is 12.2. The van der Waals surface area contributed by atoms with E-state index in [1.54, 1.807) is 30.5 Å². The Balaban J connectivity index is 1.61. The molecule has 0 aliphatic heterocycles. The number of benzene rings is 2. The van der Waals surface area contributed by atoms with Gasteiger partial charge >= 0.3 is 0 Å². The molecule has 0 atom stereocenters. The third-order valence-electron chi connectivity index (χ3n) is 3.68. The zero-order valence-corrected chi connectivity index (χ0v) is 12.4. The van der Waals surface area contributed by atoms with Crippen LogP contribution in [0, 0.1) is 0 Å². The number of carbonyl (C=O) groups excluding carboxylic acids is 2. The Kier molecular flexibility index (Phi) is 4.10. The highest BCUT2D eigenvalue weighted by atomic mass is 16.3. The van der Waals surface area contributed by atoms with Gasteiger partial charge in [0.05, 0.1) is 5.56 Å². The van der Waals surface area contributed by atoms with Crippen molar-refractivity contribution in [1.29, 1.82) is 0 Å². The van der Waals surface area contributed by atoms with Gasteiger partial charge in [-0.3, -0.25) is 9.59 Å². The average molecular weight is 308 g/mol. The zero-order chi connectivity index (χ0) is 16.2. The van der Waals surface area contributed by atoms with Gasteiger partial charge in [0, 0.05) is 23.6 Å². The molecule has 5 heteroatoms. The zero-order valence-electron chi connectivity index (χ0n) is 12.4. The number of para-hydroxylation sites is 1. The van der Waals surface area contributed by atoms with Crippen molar-refractivity contribution in [3.8, 4) is 5.75 Å². The molecule has 0 saturated heterocycles. The lowest BCUT2D eigenvalue weighted by atomic mass is 10.1. The summed E-state index contributed by atoms with van der Waals surface area (Å²) in [6.07, 6.45) is 2.15. The number of hydrogen-bond donors (Lipinski definition) is 3. The Morgan fingerprint density at radius 1 is 1.04 bits per heavy atom. The lowest BCUT2D eigenvalue weighted by Crippen LogP contribution is -2.32. The maximum Gasteiger partial charge on any atom is 0.292 e. The Labute approximate surface area is 133 Å². The largest absolute Gasteiger partial charge is 0.508 e. The van der Waals surface area contributed by atoms with E-state index in [2.05, 4.69) is 10.3 Å². The predicted molar refractivity (Wildman–Crippen MR) is 87.4 cm³/mol. The van der Waals surface area contributed by atoms with Crippen molar-refractivity contribution in [2.24, 2.45) is 0 Å². The lowest BCUT2D eigenvalue weighted by molar-refractivity contribution is -0.116. The fourth-order valence-electron chi connectivity index (χ4n) is 2.44. The molecular formula is C18H16N2O3. The molecule has 0 fully saturated rings. The van der Waals surface area contributed by atoms with Crippen molar-refractivity contribution in [1.82, 2.24) is 10.3 Å². The standard InChI is InChI=1S/C18H16N2O3/c21-13-7-5-12(6-8-13)9-10-19-18(23)17(22)15-11-20-16-4-2-1-3-14(15)16/h1-8,11,20-21H,9-10H2,(H,19,23). The van der Waals surface area contributed by atoms with Crippen LogP contribution in [0.2, 0.25) is 0 Å². The Morgan fingerprint density at radius 3 is 2.57 bits per heavy atom. The van der Waals surface area contributed by atoms with E-state index in [1.807, 2.05) is 24.3 Å². The SMILES string of the molecule is O=C(NCCc1ccc(O)cc1)C(=O)c1c[nH]c2ccccc12. The average Bonchev–Trinajstić information content (AvgIpc) is 3.00. The summed E-state index contributed by atoms with van der Waals surface area (Å²) in [6.45, 7) is 0.359. The van der Waals surface area contributed by atoms with E-state index in [9.17, 15) is 14.7 Å². The van der Waals surface area contributed by atoms with Gasteiger partial charge in [0.2, 0.25) is 0 Å². The van der Waals surface area contributed by atoms with Gasteiger partial charge in [-0.25, -0.2) is 0 Å². The molecule has 0 bridgehead atoms. The predicted octanol–water partition coefficient (Wildman–Crippen LogP) is 2.42. The molecule has 0 aliphatic rings. The topological polar surface area (TPSA) is 82.2 Å². The van der Waals surface area contributed by atoms with E-state index in [4.69, 9.17) is 0 Å². The van der Waals surface area contributed by atoms with Crippen molar-refractivity contribution in [2.45, 2.75) is 6.42 Å². The fourth-order valence-corrected chi connectivity index (χ4v) is 2.44. The van der Waals surface area contributed by atoms with Crippen LogP contribution in [0.3, 0.4) is 0 Å². The number of ketones is 1. The number of nitrogens with one attached hydrogen (secondary N) is 2. The first-order chi connectivity index (χ1) is 11.1. The van der Waals surface area contributed by atoms with E-state index in [0.29, 0.717) is 18.5 Å². The van der Waals surface area contributed by atoms with E-state index in [0.717, 1.165) is 16.5 Å². The summed E-state index contributed by atoms with van der Waals surface area (Å²) < 4.78 is 0. The van der Waals surface area contributed by atoms with E-state index < -0.39 is 11.7 Å². The molecule has 0 unspecified atom stereocenters. The quantitative estimate of drug-likeness (QED) is 0.500. The van der Waals surface area contributed by atoms with Crippen molar-refractivity contribution >= 4 is 22.6 Å². The van der Waals surface area contributed by atoms with Gasteiger partial charge in [-0.1, -0.05) is 30.3 Å². The Hall–Kier alpha value is -3.08. The van der Waals surface area contributed by atoms with Crippen LogP contribution in [-0.2, 0) is 11.2 Å². The van der Waals surface area contributed by atoms with Crippen LogP contribution in [0.4, 0.5) is 0 Å². The Morgan fingerprint density at radius 2 is 1.78 bits per heavy atom. The molecule has 23 heavy (non-hydrogen) atoms. The number of rotatable bonds is 5. The summed E-state index contributed by atoms with van der Waals surface area (Å²) >= 11 is 0. The molecule has 5 nitrogen and oxygen atoms in total. The molecular weight excluding hydrogens is 292 g/mol. The number of aromatic amines is 1. The summed E-state index contributed by atoms with van der Waals surface area (Å²) in [7, 11) is 0. The second kappa shape index (κ2) is 6.36. The summed E-state index contributed by atoms with van der Waals surface area (Å²) in [5.74, 6) is -0.964. The number of phenols is 1. The molecule has 1 heterocycles. The second-order valence-electron chi connectivity index (χ2n) is 5.25. The third kappa shape index (κ3) is 3.23. The number of phenolic OH excluding ortho intramolecular Hbond substituents is 1. The van der Waals surface area contributed by atoms with Gasteiger partial charge in [-0.05, 0) is 30.2 Å². The van der Waals surface area contributed by atoms with Crippen molar-refractivity contribution < 1.29 is 14.7 Å². The minimum absolute atomic E-state index is 0.201. The summed E-state index contributed by atoms with van der Waals surface area (Å²) in [5, 5.41) is 12.6. The molecule has 1 aromatic heterocycles. The van der Waals surface area contributed by atoms with E-state index in [-0.39, 0.29) is 5.75 Å². The van der Waals surface area contributed by atoms with Crippen molar-refractivity contribution in [2.75, 3.05) is 6.54 Å². The molecule has 3 aromatic rings. The normalized spacial score (nSPS) is 10.6. The van der Waals surface area contributed by atoms with Gasteiger partial charge < -0.3 is 15.4 Å². The van der Waals surface area contributed by atoms with Gasteiger partial charge in [-0.15, -0.1) is 0 Å². The molecule has 116 valence electrons. The number of aromatic nitrogens is 1. The minimum atomic E-state index is -0.617. The summed E-state index contributed by atoms with van der Waals surface area (Å²) in [6, 6.07) is 14.1. The number of carbonyl (C=O) groups is 2. The molecule has 0 radical (unpaired) electrons. The highest BCUT2D eigenvalue weighted by Crippen LogP contribution is 2.18. The molecule has 3 N–H and O–H groups in total. The number of Topliss-reactive ketones (excluding diaryl/α,β-unsaturated/α-hetero) is 1. The molecule has 0 aliphatic carbocycles. The van der Waals surface area contributed by atoms with Crippen LogP contribution in [0.15, 0.2) is 54.7 Å². The highest BCUT2D eigenvalue weighted by molar-refractivity contribution is 6.44. The summed E-state index contributed by atoms with van der Waals surface area (Å²) in [5.41, 5.74) is 2.18. The Bertz CT molecular complexity index is 850. The van der Waals surface area contributed by atoms with Crippen LogP contribution >= 0.6 is 0 Å². The molecule has 0 saturated carbocycles. The van der Waals surface area contributed by atoms with Crippen molar-refractivity contribution in [3.63, 3.8) is 0 Å². The number of hydrogen-bond acceptors (Lipinski definition) is 3. The van der Waals surface area contributed by atoms with Crippen LogP contribution < -0.4 is 5.32 Å². The van der Waals surface area contributed by atoms with Gasteiger partial charge in [0.1, 0.15) is 5.75 Å². The smallest absolute Gasteiger partial charge is 0.292 e. The van der Waals surface area contributed by atoms with Crippen LogP contribution in [-0.4, -0.2) is 28.3 Å². The summed E-state index contributed by atoms with van der Waals surface area (Å²) in [4.78, 5) is 27.2. The monoisotopic (exact) mass is 308 g/mol. The van der Waals surface area contributed by atoms with Crippen LogP contribution in [0.5, 0.6) is 5.75 Å². The highest BCUT2D eigenvalue weighted by Gasteiger charge is 2.19. The first kappa shape index (κ1) is 14.8. The third-order valence-corrected chi connectivity index (χ3v) is 3.68. The lowest BCUT2D eigenvalue weighted by Gasteiger charge is -2.04. The van der Waals surface area contributed by atoms with Gasteiger partial charge in [0.25, 0.3) is 11.7 Å². The maximum absolute atomic E-state index is 12.2. The van der Waals surface area contributed by atoms with Gasteiger partial charge in [0.15, 0.2) is 0 Å². The number of fused-ring (bicyclic) bond motifs is 1.